The normalized spacial score (nSPS) is 10.1. The van der Waals surface area contributed by atoms with Gasteiger partial charge in [0.1, 0.15) is 5.82 Å². The largest absolute Gasteiger partial charge is 0.478 e. The molecule has 0 aliphatic heterocycles. The van der Waals surface area contributed by atoms with Crippen LogP contribution in [0.2, 0.25) is 0 Å². The van der Waals surface area contributed by atoms with Crippen molar-refractivity contribution < 1.29 is 14.3 Å². The molecule has 0 aromatic heterocycles. The molecule has 2 N–H and O–H groups in total. The van der Waals surface area contributed by atoms with E-state index in [0.717, 1.165) is 4.48 Å². The van der Waals surface area contributed by atoms with E-state index in [1.165, 1.54) is 12.1 Å². The van der Waals surface area contributed by atoms with E-state index in [0.29, 0.717) is 18.7 Å². The summed E-state index contributed by atoms with van der Waals surface area (Å²) in [6.07, 6.45) is 0. The third kappa shape index (κ3) is 3.75. The number of nitrogens with one attached hydrogen (secondary N) is 1. The Balaban J connectivity index is 2.66. The Morgan fingerprint density at radius 1 is 1.56 bits per heavy atom. The third-order valence-corrected chi connectivity index (χ3v) is 2.19. The summed E-state index contributed by atoms with van der Waals surface area (Å²) in [5.74, 6) is -1.98. The zero-order valence-electron chi connectivity index (χ0n) is 8.46. The van der Waals surface area contributed by atoms with Crippen LogP contribution in [0.4, 0.5) is 4.39 Å². The van der Waals surface area contributed by atoms with Gasteiger partial charge < -0.3 is 10.4 Å². The molecule has 0 amide bonds. The third-order valence-electron chi connectivity index (χ3n) is 1.91. The predicted octanol–water partition coefficient (Wildman–Crippen LogP) is 2.52. The van der Waals surface area contributed by atoms with Gasteiger partial charge in [-0.3, -0.25) is 0 Å². The first-order valence-electron chi connectivity index (χ1n) is 4.56. The van der Waals surface area contributed by atoms with Gasteiger partial charge in [0, 0.05) is 17.6 Å². The quantitative estimate of drug-likeness (QED) is 0.875. The number of rotatable bonds is 5. The Labute approximate surface area is 101 Å². The average molecular weight is 288 g/mol. The molecule has 0 spiro atoms. The molecule has 0 aliphatic carbocycles. The molecule has 0 unspecified atom stereocenters. The highest BCUT2D eigenvalue weighted by molar-refractivity contribution is 9.11. The van der Waals surface area contributed by atoms with E-state index in [4.69, 9.17) is 5.11 Å². The monoisotopic (exact) mass is 287 g/mol. The summed E-state index contributed by atoms with van der Waals surface area (Å²) in [7, 11) is 0. The molecule has 3 nitrogen and oxygen atoms in total. The molecular formula is C11H11BrFNO2. The Kier molecular flexibility index (Phi) is 4.64. The summed E-state index contributed by atoms with van der Waals surface area (Å²) in [4.78, 5) is 10.6. The van der Waals surface area contributed by atoms with E-state index in [2.05, 4.69) is 27.8 Å². The fourth-order valence-corrected chi connectivity index (χ4v) is 1.38. The van der Waals surface area contributed by atoms with Crippen LogP contribution < -0.4 is 5.32 Å². The van der Waals surface area contributed by atoms with Gasteiger partial charge in [-0.1, -0.05) is 28.6 Å². The van der Waals surface area contributed by atoms with Crippen LogP contribution in [-0.2, 0) is 6.54 Å². The van der Waals surface area contributed by atoms with E-state index in [-0.39, 0.29) is 5.56 Å². The molecule has 0 aliphatic rings. The fourth-order valence-electron chi connectivity index (χ4n) is 1.18. The number of aromatic carboxylic acids is 1. The minimum absolute atomic E-state index is 0.311. The van der Waals surface area contributed by atoms with Crippen molar-refractivity contribution in [2.75, 3.05) is 6.54 Å². The van der Waals surface area contributed by atoms with Crippen LogP contribution in [0, 0.1) is 5.82 Å². The molecular weight excluding hydrogens is 277 g/mol. The highest BCUT2D eigenvalue weighted by Gasteiger charge is 2.09. The van der Waals surface area contributed by atoms with Crippen molar-refractivity contribution in [3.63, 3.8) is 0 Å². The maximum Gasteiger partial charge on any atom is 0.338 e. The number of halogens is 2. The van der Waals surface area contributed by atoms with Crippen LogP contribution in [0.3, 0.4) is 0 Å². The predicted molar refractivity (Wildman–Crippen MR) is 63.1 cm³/mol. The lowest BCUT2D eigenvalue weighted by atomic mass is 10.1. The first-order chi connectivity index (χ1) is 7.50. The summed E-state index contributed by atoms with van der Waals surface area (Å²) in [6, 6.07) is 4.06. The van der Waals surface area contributed by atoms with Crippen LogP contribution in [0.1, 0.15) is 15.9 Å². The minimum atomic E-state index is -1.26. The summed E-state index contributed by atoms with van der Waals surface area (Å²) < 4.78 is 14.1. The Hall–Kier alpha value is -1.20. The van der Waals surface area contributed by atoms with E-state index < -0.39 is 11.8 Å². The summed E-state index contributed by atoms with van der Waals surface area (Å²) in [5, 5.41) is 11.6. The van der Waals surface area contributed by atoms with Crippen molar-refractivity contribution in [1.82, 2.24) is 5.32 Å². The molecule has 5 heteroatoms. The van der Waals surface area contributed by atoms with Gasteiger partial charge in [0.05, 0.1) is 5.56 Å². The summed E-state index contributed by atoms with van der Waals surface area (Å²) in [5.41, 5.74) is 0.380. The second-order valence-corrected chi connectivity index (χ2v) is 4.36. The smallest absolute Gasteiger partial charge is 0.338 e. The van der Waals surface area contributed by atoms with Crippen LogP contribution in [-0.4, -0.2) is 17.6 Å². The second-order valence-electron chi connectivity index (χ2n) is 3.24. The van der Waals surface area contributed by atoms with Crippen molar-refractivity contribution in [2.24, 2.45) is 0 Å². The molecule has 1 aromatic carbocycles. The molecule has 0 heterocycles. The lowest BCUT2D eigenvalue weighted by Gasteiger charge is -2.05. The number of carbonyl (C=O) groups is 1. The molecule has 1 aromatic rings. The number of hydrogen-bond donors (Lipinski definition) is 2. The Bertz CT molecular complexity index is 420. The van der Waals surface area contributed by atoms with Crippen LogP contribution >= 0.6 is 15.9 Å². The van der Waals surface area contributed by atoms with Crippen molar-refractivity contribution >= 4 is 21.9 Å². The SMILES string of the molecule is C=C(Br)CNCc1ccc(C(=O)O)c(F)c1. The van der Waals surface area contributed by atoms with Gasteiger partial charge in [-0.05, 0) is 17.7 Å². The number of benzene rings is 1. The van der Waals surface area contributed by atoms with Gasteiger partial charge >= 0.3 is 5.97 Å². The highest BCUT2D eigenvalue weighted by atomic mass is 79.9. The van der Waals surface area contributed by atoms with Gasteiger partial charge in [-0.15, -0.1) is 0 Å². The fraction of sp³-hybridized carbons (Fsp3) is 0.182. The average Bonchev–Trinajstić information content (AvgIpc) is 2.16. The van der Waals surface area contributed by atoms with Gasteiger partial charge in [0.25, 0.3) is 0 Å². The van der Waals surface area contributed by atoms with Crippen LogP contribution in [0.25, 0.3) is 0 Å². The zero-order chi connectivity index (χ0) is 12.1. The summed E-state index contributed by atoms with van der Waals surface area (Å²) in [6.45, 7) is 4.68. The molecule has 0 bridgehead atoms. The maximum absolute atomic E-state index is 13.3. The molecule has 0 radical (unpaired) electrons. The first-order valence-corrected chi connectivity index (χ1v) is 5.35. The van der Waals surface area contributed by atoms with E-state index >= 15 is 0 Å². The number of hydrogen-bond acceptors (Lipinski definition) is 2. The van der Waals surface area contributed by atoms with Crippen LogP contribution in [0.15, 0.2) is 29.3 Å². The zero-order valence-corrected chi connectivity index (χ0v) is 10.1. The maximum atomic E-state index is 13.3. The molecule has 0 atom stereocenters. The van der Waals surface area contributed by atoms with Gasteiger partial charge in [-0.25, -0.2) is 9.18 Å². The first kappa shape index (κ1) is 12.9. The van der Waals surface area contributed by atoms with Crippen molar-refractivity contribution in [3.05, 3.63) is 46.2 Å². The van der Waals surface area contributed by atoms with Crippen molar-refractivity contribution in [1.29, 1.82) is 0 Å². The number of carboxylic acids is 1. The van der Waals surface area contributed by atoms with Crippen LogP contribution in [0.5, 0.6) is 0 Å². The van der Waals surface area contributed by atoms with E-state index in [9.17, 15) is 9.18 Å². The molecule has 1 rings (SSSR count). The minimum Gasteiger partial charge on any atom is -0.478 e. The summed E-state index contributed by atoms with van der Waals surface area (Å²) >= 11 is 3.18. The van der Waals surface area contributed by atoms with Gasteiger partial charge in [0.2, 0.25) is 0 Å². The molecule has 86 valence electrons. The lowest BCUT2D eigenvalue weighted by Crippen LogP contribution is -2.14. The molecule has 0 fully saturated rings. The van der Waals surface area contributed by atoms with E-state index in [1.807, 2.05) is 0 Å². The van der Waals surface area contributed by atoms with Gasteiger partial charge in [0.15, 0.2) is 0 Å². The second kappa shape index (κ2) is 5.77. The highest BCUT2D eigenvalue weighted by Crippen LogP contribution is 2.10. The van der Waals surface area contributed by atoms with E-state index in [1.54, 1.807) is 6.07 Å². The topological polar surface area (TPSA) is 49.3 Å². The molecule has 0 saturated carbocycles. The molecule has 0 saturated heterocycles. The Morgan fingerprint density at radius 3 is 2.75 bits per heavy atom. The van der Waals surface area contributed by atoms with Gasteiger partial charge in [-0.2, -0.15) is 0 Å². The lowest BCUT2D eigenvalue weighted by molar-refractivity contribution is 0.0692. The Morgan fingerprint density at radius 2 is 2.25 bits per heavy atom. The van der Waals surface area contributed by atoms with Crippen molar-refractivity contribution in [3.8, 4) is 0 Å². The standard InChI is InChI=1S/C11H11BrFNO2/c1-7(12)5-14-6-8-2-3-9(11(15)16)10(13)4-8/h2-4,14H,1,5-6H2,(H,15,16). The number of carboxylic acid groups (broad SMARTS) is 1. The molecule has 16 heavy (non-hydrogen) atoms. The van der Waals surface area contributed by atoms with Crippen molar-refractivity contribution in [2.45, 2.75) is 6.54 Å².